The quantitative estimate of drug-likeness (QED) is 0.388. The standard InChI is InChI=1S/C22H16Cl2FN3O3/c23-16-8-6-15(7-9-16)22(30)28-26-12-14-5-10-20(17(24)11-14)31-13-21(29)27-19-4-2-1-3-18(19)25/h1-12H,13H2,(H,27,29)(H,28,30). The number of nitrogens with zero attached hydrogens (tertiary/aromatic N) is 1. The van der Waals surface area contributed by atoms with E-state index in [0.29, 0.717) is 16.1 Å². The number of hydrogen-bond donors (Lipinski definition) is 2. The van der Waals surface area contributed by atoms with E-state index < -0.39 is 11.7 Å². The fourth-order valence-electron chi connectivity index (χ4n) is 2.44. The molecule has 2 amide bonds. The molecule has 0 radical (unpaired) electrons. The molecule has 0 aliphatic rings. The Morgan fingerprint density at radius 2 is 1.77 bits per heavy atom. The molecule has 0 aliphatic carbocycles. The van der Waals surface area contributed by atoms with Gasteiger partial charge in [-0.25, -0.2) is 9.82 Å². The summed E-state index contributed by atoms with van der Waals surface area (Å²) in [6, 6.07) is 17.0. The summed E-state index contributed by atoms with van der Waals surface area (Å²) in [6.45, 7) is -0.349. The lowest BCUT2D eigenvalue weighted by Crippen LogP contribution is -2.20. The van der Waals surface area contributed by atoms with Gasteiger partial charge in [-0.2, -0.15) is 5.10 Å². The Balaban J connectivity index is 1.52. The number of hydrazone groups is 1. The van der Waals surface area contributed by atoms with Crippen molar-refractivity contribution in [2.45, 2.75) is 0 Å². The molecule has 0 unspecified atom stereocenters. The monoisotopic (exact) mass is 459 g/mol. The Kier molecular flexibility index (Phi) is 7.59. The number of halogens is 3. The maximum absolute atomic E-state index is 13.6. The molecule has 0 aliphatic heterocycles. The van der Waals surface area contributed by atoms with E-state index in [1.165, 1.54) is 24.4 Å². The Labute approximate surface area is 187 Å². The fourth-order valence-corrected chi connectivity index (χ4v) is 2.81. The van der Waals surface area contributed by atoms with E-state index in [2.05, 4.69) is 15.8 Å². The van der Waals surface area contributed by atoms with Crippen molar-refractivity contribution in [1.82, 2.24) is 5.43 Å². The highest BCUT2D eigenvalue weighted by molar-refractivity contribution is 6.32. The van der Waals surface area contributed by atoms with Crippen LogP contribution in [-0.4, -0.2) is 24.6 Å². The molecule has 3 aromatic rings. The van der Waals surface area contributed by atoms with E-state index in [9.17, 15) is 14.0 Å². The highest BCUT2D eigenvalue weighted by atomic mass is 35.5. The van der Waals surface area contributed by atoms with Crippen LogP contribution < -0.4 is 15.5 Å². The molecular weight excluding hydrogens is 444 g/mol. The summed E-state index contributed by atoms with van der Waals surface area (Å²) >= 11 is 12.0. The van der Waals surface area contributed by atoms with E-state index in [1.54, 1.807) is 48.5 Å². The van der Waals surface area contributed by atoms with Gasteiger partial charge in [-0.1, -0.05) is 35.3 Å². The van der Waals surface area contributed by atoms with Crippen LogP contribution in [-0.2, 0) is 4.79 Å². The van der Waals surface area contributed by atoms with Gasteiger partial charge in [-0.15, -0.1) is 0 Å². The van der Waals surface area contributed by atoms with E-state index in [0.717, 1.165) is 0 Å². The van der Waals surface area contributed by atoms with Crippen LogP contribution in [0.1, 0.15) is 15.9 Å². The lowest BCUT2D eigenvalue weighted by molar-refractivity contribution is -0.118. The van der Waals surface area contributed by atoms with Crippen molar-refractivity contribution in [1.29, 1.82) is 0 Å². The van der Waals surface area contributed by atoms with Gasteiger partial charge in [0, 0.05) is 10.6 Å². The first-order chi connectivity index (χ1) is 14.9. The first-order valence-corrected chi connectivity index (χ1v) is 9.73. The van der Waals surface area contributed by atoms with Crippen molar-refractivity contribution >= 4 is 46.9 Å². The molecule has 0 fully saturated rings. The van der Waals surface area contributed by atoms with E-state index in [4.69, 9.17) is 27.9 Å². The number of hydrogen-bond acceptors (Lipinski definition) is 4. The van der Waals surface area contributed by atoms with Crippen LogP contribution in [0.2, 0.25) is 10.0 Å². The second-order valence-corrected chi connectivity index (χ2v) is 7.06. The zero-order chi connectivity index (χ0) is 22.2. The van der Waals surface area contributed by atoms with Crippen LogP contribution in [0.4, 0.5) is 10.1 Å². The van der Waals surface area contributed by atoms with Gasteiger partial charge in [0.05, 0.1) is 16.9 Å². The molecule has 3 rings (SSSR count). The summed E-state index contributed by atoms with van der Waals surface area (Å²) in [4.78, 5) is 23.9. The van der Waals surface area contributed by atoms with Gasteiger partial charge in [0.15, 0.2) is 6.61 Å². The molecule has 3 aromatic carbocycles. The van der Waals surface area contributed by atoms with Crippen molar-refractivity contribution in [3.05, 3.63) is 93.7 Å². The van der Waals surface area contributed by atoms with Crippen molar-refractivity contribution < 1.29 is 18.7 Å². The summed E-state index contributed by atoms with van der Waals surface area (Å²) in [5.41, 5.74) is 3.48. The fraction of sp³-hybridized carbons (Fsp3) is 0.0455. The topological polar surface area (TPSA) is 79.8 Å². The van der Waals surface area contributed by atoms with E-state index >= 15 is 0 Å². The predicted molar refractivity (Wildman–Crippen MR) is 118 cm³/mol. The van der Waals surface area contributed by atoms with Crippen molar-refractivity contribution in [2.24, 2.45) is 5.10 Å². The maximum atomic E-state index is 13.6. The Hall–Kier alpha value is -3.42. The summed E-state index contributed by atoms with van der Waals surface area (Å²) in [6.07, 6.45) is 1.41. The van der Waals surface area contributed by atoms with E-state index in [-0.39, 0.29) is 29.0 Å². The minimum atomic E-state index is -0.541. The molecule has 0 bridgehead atoms. The largest absolute Gasteiger partial charge is 0.482 e. The number of ether oxygens (including phenoxy) is 1. The van der Waals surface area contributed by atoms with Crippen LogP contribution in [0, 0.1) is 5.82 Å². The molecule has 9 heteroatoms. The van der Waals surface area contributed by atoms with Gasteiger partial charge in [-0.05, 0) is 60.2 Å². The van der Waals surface area contributed by atoms with Crippen molar-refractivity contribution in [3.63, 3.8) is 0 Å². The molecule has 0 atom stereocenters. The lowest BCUT2D eigenvalue weighted by Gasteiger charge is -2.09. The molecular formula is C22H16Cl2FN3O3. The molecule has 0 aromatic heterocycles. The second-order valence-electron chi connectivity index (χ2n) is 6.21. The molecule has 6 nitrogen and oxygen atoms in total. The number of amides is 2. The molecule has 0 spiro atoms. The molecule has 0 saturated carbocycles. The third-order valence-electron chi connectivity index (χ3n) is 3.95. The average molecular weight is 460 g/mol. The number of carbonyl (C=O) groups excluding carboxylic acids is 2. The number of anilines is 1. The second kappa shape index (κ2) is 10.6. The van der Waals surface area contributed by atoms with Crippen molar-refractivity contribution in [2.75, 3.05) is 11.9 Å². The van der Waals surface area contributed by atoms with Gasteiger partial charge < -0.3 is 10.1 Å². The van der Waals surface area contributed by atoms with Gasteiger partial charge in [-0.3, -0.25) is 9.59 Å². The van der Waals surface area contributed by atoms with Crippen LogP contribution in [0.25, 0.3) is 0 Å². The number of rotatable bonds is 7. The molecule has 31 heavy (non-hydrogen) atoms. The first kappa shape index (κ1) is 22.3. The zero-order valence-electron chi connectivity index (χ0n) is 15.9. The Bertz CT molecular complexity index is 1120. The minimum absolute atomic E-state index is 0.0643. The summed E-state index contributed by atoms with van der Waals surface area (Å²) < 4.78 is 18.9. The number of para-hydroxylation sites is 1. The zero-order valence-corrected chi connectivity index (χ0v) is 17.5. The molecule has 0 heterocycles. The van der Waals surface area contributed by atoms with Crippen molar-refractivity contribution in [3.8, 4) is 5.75 Å². The van der Waals surface area contributed by atoms with Gasteiger partial charge >= 0.3 is 0 Å². The first-order valence-electron chi connectivity index (χ1n) is 8.98. The van der Waals surface area contributed by atoms with Crippen LogP contribution in [0.5, 0.6) is 5.75 Å². The van der Waals surface area contributed by atoms with Crippen LogP contribution in [0.3, 0.4) is 0 Å². The highest BCUT2D eigenvalue weighted by Gasteiger charge is 2.09. The normalized spacial score (nSPS) is 10.7. The molecule has 2 N–H and O–H groups in total. The number of benzene rings is 3. The lowest BCUT2D eigenvalue weighted by atomic mass is 10.2. The minimum Gasteiger partial charge on any atom is -0.482 e. The van der Waals surface area contributed by atoms with Gasteiger partial charge in [0.2, 0.25) is 0 Å². The molecule has 158 valence electrons. The smallest absolute Gasteiger partial charge is 0.271 e. The van der Waals surface area contributed by atoms with Crippen LogP contribution in [0.15, 0.2) is 71.8 Å². The summed E-state index contributed by atoms with van der Waals surface area (Å²) in [5, 5.41) is 7.07. The summed E-state index contributed by atoms with van der Waals surface area (Å²) in [7, 11) is 0. The third-order valence-corrected chi connectivity index (χ3v) is 4.50. The number of nitrogens with one attached hydrogen (secondary N) is 2. The van der Waals surface area contributed by atoms with Crippen LogP contribution >= 0.6 is 23.2 Å². The SMILES string of the molecule is O=C(COc1ccc(C=NNC(=O)c2ccc(Cl)cc2)cc1Cl)Nc1ccccc1F. The van der Waals surface area contributed by atoms with E-state index in [1.807, 2.05) is 0 Å². The Morgan fingerprint density at radius 1 is 1.03 bits per heavy atom. The highest BCUT2D eigenvalue weighted by Crippen LogP contribution is 2.25. The number of carbonyl (C=O) groups is 2. The average Bonchev–Trinajstić information content (AvgIpc) is 2.75. The predicted octanol–water partition coefficient (Wildman–Crippen LogP) is 4.91. The van der Waals surface area contributed by atoms with Gasteiger partial charge in [0.1, 0.15) is 11.6 Å². The maximum Gasteiger partial charge on any atom is 0.271 e. The van der Waals surface area contributed by atoms with Gasteiger partial charge in [0.25, 0.3) is 11.8 Å². The third kappa shape index (κ3) is 6.53. The Morgan fingerprint density at radius 3 is 2.48 bits per heavy atom. The summed E-state index contributed by atoms with van der Waals surface area (Å²) in [5.74, 6) is -1.19. The molecule has 0 saturated heterocycles.